The number of hydrogen-bond donors (Lipinski definition) is 2. The van der Waals surface area contributed by atoms with Gasteiger partial charge in [0.05, 0.1) is 6.10 Å². The van der Waals surface area contributed by atoms with Crippen molar-refractivity contribution in [3.05, 3.63) is 23.8 Å². The maximum Gasteiger partial charge on any atom is 0.331 e. The van der Waals surface area contributed by atoms with E-state index in [0.717, 1.165) is 38.5 Å². The molecule has 3 heteroatoms. The molecule has 2 N–H and O–H groups in total. The molecule has 0 saturated heterocycles. The number of hydrogen-bond acceptors (Lipinski definition) is 2. The molecule has 0 aliphatic heterocycles. The van der Waals surface area contributed by atoms with Crippen molar-refractivity contribution in [3.8, 4) is 0 Å². The van der Waals surface area contributed by atoms with Gasteiger partial charge in [-0.2, -0.15) is 0 Å². The first-order chi connectivity index (χ1) is 10.7. The van der Waals surface area contributed by atoms with E-state index in [2.05, 4.69) is 33.4 Å². The molecule has 0 spiro atoms. The third-order valence-electron chi connectivity index (χ3n) is 7.42. The molecule has 0 aromatic rings. The average molecular weight is 318 g/mol. The van der Waals surface area contributed by atoms with Crippen molar-refractivity contribution in [3.63, 3.8) is 0 Å². The summed E-state index contributed by atoms with van der Waals surface area (Å²) in [5.41, 5.74) is 2.02. The van der Waals surface area contributed by atoms with Gasteiger partial charge < -0.3 is 10.2 Å². The summed E-state index contributed by atoms with van der Waals surface area (Å²) in [5.74, 6) is 0.297. The number of rotatable bonds is 2. The molecule has 5 atom stereocenters. The lowest BCUT2D eigenvalue weighted by Crippen LogP contribution is -2.54. The van der Waals surface area contributed by atoms with Gasteiger partial charge >= 0.3 is 5.97 Å². The third kappa shape index (κ3) is 2.48. The van der Waals surface area contributed by atoms with E-state index >= 15 is 0 Å². The number of aliphatic hydroxyl groups is 1. The molecule has 3 rings (SSSR count). The van der Waals surface area contributed by atoms with Crippen LogP contribution in [0.15, 0.2) is 23.8 Å². The molecule has 0 heterocycles. The van der Waals surface area contributed by atoms with Gasteiger partial charge in [0.1, 0.15) is 0 Å². The predicted molar refractivity (Wildman–Crippen MR) is 90.9 cm³/mol. The average Bonchev–Trinajstić information content (AvgIpc) is 2.50. The van der Waals surface area contributed by atoms with Crippen LogP contribution < -0.4 is 0 Å². The van der Waals surface area contributed by atoms with Crippen LogP contribution in [0.25, 0.3) is 0 Å². The minimum absolute atomic E-state index is 0.0451. The number of carboxylic acids is 1. The molecule has 2 fully saturated rings. The Labute approximate surface area is 139 Å². The molecule has 2 saturated carbocycles. The highest BCUT2D eigenvalue weighted by atomic mass is 16.4. The van der Waals surface area contributed by atoms with Crippen molar-refractivity contribution >= 4 is 5.97 Å². The molecule has 0 amide bonds. The van der Waals surface area contributed by atoms with E-state index in [9.17, 15) is 15.0 Å². The summed E-state index contributed by atoms with van der Waals surface area (Å²) in [6, 6.07) is 0. The van der Waals surface area contributed by atoms with Gasteiger partial charge in [0.15, 0.2) is 0 Å². The smallest absolute Gasteiger partial charge is 0.331 e. The maximum absolute atomic E-state index is 11.2. The number of aliphatic hydroxyl groups excluding tert-OH is 1. The summed E-state index contributed by atoms with van der Waals surface area (Å²) in [6.07, 6.45) is 7.97. The summed E-state index contributed by atoms with van der Waals surface area (Å²) in [5, 5.41) is 19.7. The highest BCUT2D eigenvalue weighted by molar-refractivity contribution is 5.86. The zero-order valence-electron chi connectivity index (χ0n) is 14.6. The van der Waals surface area contributed by atoms with E-state index in [0.29, 0.717) is 17.4 Å². The van der Waals surface area contributed by atoms with E-state index < -0.39 is 5.97 Å². The number of aliphatic carboxylic acids is 1. The molecule has 5 unspecified atom stereocenters. The van der Waals surface area contributed by atoms with Gasteiger partial charge in [-0.15, -0.1) is 0 Å². The first-order valence-corrected chi connectivity index (χ1v) is 8.97. The Hall–Kier alpha value is -1.09. The zero-order chi connectivity index (χ0) is 17.0. The van der Waals surface area contributed by atoms with Gasteiger partial charge in [-0.1, -0.05) is 39.0 Å². The standard InChI is InChI=1S/C20H30O3/c1-12(18(22)23)13-5-7-15-14(11-13)6-8-16-19(2,3)17(21)9-10-20(15,16)4/h6,13,15-17,21H,1,5,7-11H2,2-4H3,(H,22,23). The molecular formula is C20H30O3. The van der Waals surface area contributed by atoms with Gasteiger partial charge in [0.2, 0.25) is 0 Å². The van der Waals surface area contributed by atoms with E-state index in [-0.39, 0.29) is 22.9 Å². The predicted octanol–water partition coefficient (Wildman–Crippen LogP) is 4.18. The minimum Gasteiger partial charge on any atom is -0.478 e. The lowest BCUT2D eigenvalue weighted by Gasteiger charge is -2.59. The molecule has 0 radical (unpaired) electrons. The molecule has 128 valence electrons. The molecule has 3 nitrogen and oxygen atoms in total. The Morgan fingerprint density at radius 3 is 2.61 bits per heavy atom. The Balaban J connectivity index is 1.87. The highest BCUT2D eigenvalue weighted by Crippen LogP contribution is 2.62. The van der Waals surface area contributed by atoms with Crippen LogP contribution in [0.3, 0.4) is 0 Å². The van der Waals surface area contributed by atoms with E-state index in [1.165, 1.54) is 5.57 Å². The highest BCUT2D eigenvalue weighted by Gasteiger charge is 2.56. The Bertz CT molecular complexity index is 559. The second kappa shape index (κ2) is 5.47. The van der Waals surface area contributed by atoms with E-state index in [4.69, 9.17) is 0 Å². The first-order valence-electron chi connectivity index (χ1n) is 8.97. The van der Waals surface area contributed by atoms with E-state index in [1.807, 2.05) is 0 Å². The van der Waals surface area contributed by atoms with Crippen LogP contribution >= 0.6 is 0 Å². The molecule has 0 aromatic carbocycles. The van der Waals surface area contributed by atoms with Gasteiger partial charge in [0.25, 0.3) is 0 Å². The SMILES string of the molecule is C=C(C(=O)O)C1CCC2C(=CCC3C(C)(C)C(O)CCC23C)C1. The van der Waals surface area contributed by atoms with Crippen LogP contribution in [-0.2, 0) is 4.79 Å². The largest absolute Gasteiger partial charge is 0.478 e. The van der Waals surface area contributed by atoms with Crippen molar-refractivity contribution in [2.45, 2.75) is 65.4 Å². The van der Waals surface area contributed by atoms with Crippen LogP contribution in [0.4, 0.5) is 0 Å². The lowest BCUT2D eigenvalue weighted by molar-refractivity contribution is -0.133. The second-order valence-electron chi connectivity index (χ2n) is 8.81. The first kappa shape index (κ1) is 16.8. The van der Waals surface area contributed by atoms with Crippen molar-refractivity contribution in [2.75, 3.05) is 0 Å². The fourth-order valence-corrected chi connectivity index (χ4v) is 5.87. The molecule has 0 aromatic heterocycles. The fourth-order valence-electron chi connectivity index (χ4n) is 5.87. The van der Waals surface area contributed by atoms with Crippen molar-refractivity contribution < 1.29 is 15.0 Å². The molecular weight excluding hydrogens is 288 g/mol. The van der Waals surface area contributed by atoms with Crippen LogP contribution in [-0.4, -0.2) is 22.3 Å². The van der Waals surface area contributed by atoms with Crippen molar-refractivity contribution in [1.82, 2.24) is 0 Å². The molecule has 3 aliphatic rings. The number of allylic oxidation sites excluding steroid dienone is 2. The lowest BCUT2D eigenvalue weighted by atomic mass is 9.46. The Morgan fingerprint density at radius 2 is 1.96 bits per heavy atom. The quantitative estimate of drug-likeness (QED) is 0.593. The van der Waals surface area contributed by atoms with Gasteiger partial charge in [-0.25, -0.2) is 4.79 Å². The monoisotopic (exact) mass is 318 g/mol. The Kier molecular flexibility index (Phi) is 3.99. The topological polar surface area (TPSA) is 57.5 Å². The van der Waals surface area contributed by atoms with Crippen molar-refractivity contribution in [2.24, 2.45) is 28.6 Å². The summed E-state index contributed by atoms with van der Waals surface area (Å²) >= 11 is 0. The number of fused-ring (bicyclic) bond motifs is 3. The summed E-state index contributed by atoms with van der Waals surface area (Å²) in [7, 11) is 0. The number of carbonyl (C=O) groups is 1. The maximum atomic E-state index is 11.2. The summed E-state index contributed by atoms with van der Waals surface area (Å²) in [4.78, 5) is 11.2. The van der Waals surface area contributed by atoms with Gasteiger partial charge in [0, 0.05) is 5.57 Å². The van der Waals surface area contributed by atoms with Gasteiger partial charge in [-0.05, 0) is 67.1 Å². The van der Waals surface area contributed by atoms with Crippen LogP contribution in [0, 0.1) is 28.6 Å². The van der Waals surface area contributed by atoms with Crippen molar-refractivity contribution in [1.29, 1.82) is 0 Å². The minimum atomic E-state index is -0.851. The third-order valence-corrected chi connectivity index (χ3v) is 7.42. The van der Waals surface area contributed by atoms with Crippen LogP contribution in [0.5, 0.6) is 0 Å². The van der Waals surface area contributed by atoms with E-state index in [1.54, 1.807) is 0 Å². The summed E-state index contributed by atoms with van der Waals surface area (Å²) < 4.78 is 0. The second-order valence-corrected chi connectivity index (χ2v) is 8.81. The van der Waals surface area contributed by atoms with Crippen LogP contribution in [0.1, 0.15) is 59.3 Å². The summed E-state index contributed by atoms with van der Waals surface area (Å²) in [6.45, 7) is 10.6. The number of carboxylic acid groups (broad SMARTS) is 1. The van der Waals surface area contributed by atoms with Gasteiger partial charge in [-0.3, -0.25) is 0 Å². The molecule has 23 heavy (non-hydrogen) atoms. The van der Waals surface area contributed by atoms with Crippen LogP contribution in [0.2, 0.25) is 0 Å². The normalized spacial score (nSPS) is 42.2. The fraction of sp³-hybridized carbons (Fsp3) is 0.750. The molecule has 3 aliphatic carbocycles. The zero-order valence-corrected chi connectivity index (χ0v) is 14.6. The Morgan fingerprint density at radius 1 is 1.26 bits per heavy atom. The molecule has 0 bridgehead atoms.